The van der Waals surface area contributed by atoms with Crippen molar-refractivity contribution in [3.63, 3.8) is 0 Å². The van der Waals surface area contributed by atoms with Gasteiger partial charge in [-0.05, 0) is 117 Å². The Morgan fingerprint density at radius 3 is 1.07 bits per heavy atom. The molecule has 0 spiro atoms. The minimum absolute atomic E-state index is 0.0543. The van der Waals surface area contributed by atoms with Gasteiger partial charge in [0.2, 0.25) is 0 Å². The largest absolute Gasteiger partial charge is 0.311 e. The van der Waals surface area contributed by atoms with Gasteiger partial charge in [-0.1, -0.05) is 170 Å². The second kappa shape index (κ2) is 14.2. The summed E-state index contributed by atoms with van der Waals surface area (Å²) in [6.45, 7) is -0.109. The molecule has 0 atom stereocenters. The fourth-order valence-electron chi connectivity index (χ4n) is 13.7. The predicted octanol–water partition coefficient (Wildman–Crippen LogP) is 12.4. The van der Waals surface area contributed by atoms with Gasteiger partial charge in [0, 0.05) is 66.8 Å². The topological polar surface area (TPSA) is 16.3 Å². The molecule has 2 aromatic heterocycles. The summed E-state index contributed by atoms with van der Waals surface area (Å²) >= 11 is 0. The Kier molecular flexibility index (Phi) is 7.60. The number of hydrogen-bond donors (Lipinski definition) is 0. The lowest BCUT2D eigenvalue weighted by molar-refractivity contribution is 1.16. The zero-order chi connectivity index (χ0) is 46.8. The molecule has 13 aromatic rings. The first kappa shape index (κ1) is 38.6. The first-order valence-electron chi connectivity index (χ1n) is 25.2. The van der Waals surface area contributed by atoms with Crippen LogP contribution in [-0.4, -0.2) is 22.6 Å². The Morgan fingerprint density at radius 1 is 0.278 bits per heavy atom. The van der Waals surface area contributed by atoms with Gasteiger partial charge in [0.25, 0.3) is 13.4 Å². The number of fused-ring (bicyclic) bond motifs is 16. The second-order valence-corrected chi connectivity index (χ2v) is 19.9. The highest BCUT2D eigenvalue weighted by atomic mass is 15.2. The molecule has 0 amide bonds. The number of nitrogens with zero attached hydrogens (tertiary/aromatic N) is 4. The molecule has 0 bridgehead atoms. The van der Waals surface area contributed by atoms with Crippen LogP contribution in [0.5, 0.6) is 0 Å². The van der Waals surface area contributed by atoms with Crippen molar-refractivity contribution in [2.24, 2.45) is 0 Å². The Morgan fingerprint density at radius 2 is 0.639 bits per heavy atom. The normalized spacial score (nSPS) is 13.4. The second-order valence-electron chi connectivity index (χ2n) is 19.9. The van der Waals surface area contributed by atoms with Gasteiger partial charge in [-0.25, -0.2) is 0 Å². The van der Waals surface area contributed by atoms with Crippen LogP contribution in [0.15, 0.2) is 243 Å². The van der Waals surface area contributed by atoms with Gasteiger partial charge >= 0.3 is 0 Å². The number of hydrogen-bond acceptors (Lipinski definition) is 2. The van der Waals surface area contributed by atoms with Crippen molar-refractivity contribution in [1.82, 2.24) is 9.13 Å². The lowest BCUT2D eigenvalue weighted by Gasteiger charge is -2.43. The minimum Gasteiger partial charge on any atom is -0.311 e. The van der Waals surface area contributed by atoms with Gasteiger partial charge in [-0.2, -0.15) is 0 Å². The minimum atomic E-state index is -0.0543. The molecule has 6 heteroatoms. The van der Waals surface area contributed by atoms with Crippen LogP contribution >= 0.6 is 0 Å². The molecule has 0 radical (unpaired) electrons. The molecule has 4 aliphatic heterocycles. The number of para-hydroxylation sites is 6. The number of aromatic nitrogens is 2. The van der Waals surface area contributed by atoms with E-state index in [4.69, 9.17) is 0 Å². The Labute approximate surface area is 417 Å². The molecule has 4 aliphatic rings. The van der Waals surface area contributed by atoms with Crippen molar-refractivity contribution in [2.75, 3.05) is 9.80 Å². The summed E-state index contributed by atoms with van der Waals surface area (Å²) in [4.78, 5) is 5.10. The standard InChI is InChI=1S/C66H40B2N4/c1-5-21-41(22-6-1)47-37-49-45-29-13-17-33-55(45)71-59-40-54-60(39-53(59)67-51-31-15-19-35-57(51)69(43-25-9-3-10-26-43)63(47)61(67)65(49)71)72-56-34-18-14-30-46(56)50-38-48(42-23-7-2-8-24-42)64-62(66(50)72)68(54)52-32-16-20-36-58(52)70(64)44-27-11-4-12-28-44/h1-40H. The number of anilines is 6. The molecule has 0 fully saturated rings. The van der Waals surface area contributed by atoms with E-state index in [9.17, 15) is 0 Å². The van der Waals surface area contributed by atoms with Crippen molar-refractivity contribution in [1.29, 1.82) is 0 Å². The molecule has 72 heavy (non-hydrogen) atoms. The lowest BCUT2D eigenvalue weighted by Crippen LogP contribution is -2.63. The first-order chi connectivity index (χ1) is 35.8. The van der Waals surface area contributed by atoms with Crippen molar-refractivity contribution >= 4 is 124 Å². The molecule has 17 rings (SSSR count). The van der Waals surface area contributed by atoms with Crippen LogP contribution in [0.4, 0.5) is 34.1 Å². The molecule has 11 aromatic carbocycles. The molecule has 0 unspecified atom stereocenters. The zero-order valence-corrected chi connectivity index (χ0v) is 39.0. The molecular formula is C66H40B2N4. The summed E-state index contributed by atoms with van der Waals surface area (Å²) in [6.07, 6.45) is 0. The molecule has 0 saturated heterocycles. The summed E-state index contributed by atoms with van der Waals surface area (Å²) in [5.74, 6) is 0. The third-order valence-electron chi connectivity index (χ3n) is 16.4. The molecule has 0 N–H and O–H groups in total. The fourth-order valence-corrected chi connectivity index (χ4v) is 13.7. The molecule has 4 nitrogen and oxygen atoms in total. The van der Waals surface area contributed by atoms with E-state index in [1.807, 2.05) is 0 Å². The van der Waals surface area contributed by atoms with Crippen molar-refractivity contribution in [3.05, 3.63) is 243 Å². The molecule has 6 heterocycles. The van der Waals surface area contributed by atoms with E-state index in [1.54, 1.807) is 0 Å². The third-order valence-corrected chi connectivity index (χ3v) is 16.4. The van der Waals surface area contributed by atoms with Gasteiger partial charge in [0.15, 0.2) is 0 Å². The van der Waals surface area contributed by atoms with E-state index in [0.717, 1.165) is 11.4 Å². The SMILES string of the molecule is c1ccc(-c2cc3c4ccccc4n4c3c3c2N(c2ccccc2)c2ccccc2B3c2cc3c(cc2-4)B2c4ccccc4N(c4ccccc4)c4c(-c5ccccc5)cc5c6ccccc6n-3c5c42)cc1. The summed E-state index contributed by atoms with van der Waals surface area (Å²) < 4.78 is 5.29. The van der Waals surface area contributed by atoms with E-state index in [-0.39, 0.29) is 13.4 Å². The monoisotopic (exact) mass is 910 g/mol. The summed E-state index contributed by atoms with van der Waals surface area (Å²) in [5, 5.41) is 5.09. The van der Waals surface area contributed by atoms with Crippen LogP contribution in [0, 0.1) is 0 Å². The maximum atomic E-state index is 2.65. The van der Waals surface area contributed by atoms with Crippen molar-refractivity contribution < 1.29 is 0 Å². The lowest BCUT2D eigenvalue weighted by atomic mass is 9.31. The highest BCUT2D eigenvalue weighted by Crippen LogP contribution is 2.50. The van der Waals surface area contributed by atoms with E-state index in [2.05, 4.69) is 262 Å². The third kappa shape index (κ3) is 4.88. The van der Waals surface area contributed by atoms with Crippen LogP contribution in [0.1, 0.15) is 0 Å². The van der Waals surface area contributed by atoms with Gasteiger partial charge in [0.05, 0.1) is 33.4 Å². The maximum absolute atomic E-state index is 2.65. The van der Waals surface area contributed by atoms with E-state index in [0.29, 0.717) is 0 Å². The van der Waals surface area contributed by atoms with Gasteiger partial charge in [-0.3, -0.25) is 0 Å². The molecule has 0 saturated carbocycles. The molecule has 330 valence electrons. The smallest absolute Gasteiger partial charge is 0.252 e. The summed E-state index contributed by atoms with van der Waals surface area (Å²) in [7, 11) is 0. The molecular weight excluding hydrogens is 870 g/mol. The Bertz CT molecular complexity index is 4180. The first-order valence-corrected chi connectivity index (χ1v) is 25.2. The van der Waals surface area contributed by atoms with Crippen LogP contribution in [0.25, 0.3) is 77.2 Å². The van der Waals surface area contributed by atoms with Gasteiger partial charge in [-0.15, -0.1) is 0 Å². The fraction of sp³-hybridized carbons (Fsp3) is 0. The van der Waals surface area contributed by atoms with Gasteiger partial charge in [0.1, 0.15) is 0 Å². The van der Waals surface area contributed by atoms with Crippen LogP contribution in [-0.2, 0) is 0 Å². The quantitative estimate of drug-likeness (QED) is 0.164. The maximum Gasteiger partial charge on any atom is 0.252 e. The zero-order valence-electron chi connectivity index (χ0n) is 39.0. The highest BCUT2D eigenvalue weighted by molar-refractivity contribution is 7.02. The van der Waals surface area contributed by atoms with E-state index >= 15 is 0 Å². The Balaban J connectivity index is 1.06. The van der Waals surface area contributed by atoms with E-state index in [1.165, 1.54) is 133 Å². The Hall–Kier alpha value is -9.25. The average molecular weight is 911 g/mol. The summed E-state index contributed by atoms with van der Waals surface area (Å²) in [5.41, 5.74) is 27.6. The van der Waals surface area contributed by atoms with Crippen LogP contribution in [0.3, 0.4) is 0 Å². The molecule has 0 aliphatic carbocycles. The van der Waals surface area contributed by atoms with Crippen molar-refractivity contribution in [2.45, 2.75) is 0 Å². The van der Waals surface area contributed by atoms with E-state index < -0.39 is 0 Å². The van der Waals surface area contributed by atoms with Crippen molar-refractivity contribution in [3.8, 4) is 33.6 Å². The van der Waals surface area contributed by atoms with Gasteiger partial charge < -0.3 is 18.9 Å². The van der Waals surface area contributed by atoms with Crippen LogP contribution in [0.2, 0.25) is 0 Å². The highest BCUT2D eigenvalue weighted by Gasteiger charge is 2.48. The average Bonchev–Trinajstić information content (AvgIpc) is 3.98. The number of benzene rings is 11. The van der Waals surface area contributed by atoms with Crippen LogP contribution < -0.4 is 42.6 Å². The predicted molar refractivity (Wildman–Crippen MR) is 305 cm³/mol. The number of rotatable bonds is 4. The summed E-state index contributed by atoms with van der Waals surface area (Å²) in [6, 6.07) is 91.0.